The molecule has 5 heteroatoms. The maximum atomic E-state index is 13.2. The third-order valence-corrected chi connectivity index (χ3v) is 6.89. The summed E-state index contributed by atoms with van der Waals surface area (Å²) in [5.41, 5.74) is 3.52. The van der Waals surface area contributed by atoms with Crippen molar-refractivity contribution in [2.24, 2.45) is 11.8 Å². The Labute approximate surface area is 185 Å². The van der Waals surface area contributed by atoms with Crippen molar-refractivity contribution in [3.63, 3.8) is 0 Å². The van der Waals surface area contributed by atoms with E-state index in [-0.39, 0.29) is 29.6 Å². The zero-order valence-electron chi connectivity index (χ0n) is 18.4. The van der Waals surface area contributed by atoms with Gasteiger partial charge in [0, 0.05) is 43.9 Å². The standard InChI is InChI=1S/C26H33N3O2/c1-2-19-9-11-21(12-10-19)23-14-24(25(30)28-16-20-6-5-13-27-15-20)18-29(17-23)26(31)22-7-3-4-8-22/h5-6,9-13,15,22-24H,2-4,7-8,14,16-18H2,1H3,(H,28,30)/t23-,24-/m1/s1. The van der Waals surface area contributed by atoms with Gasteiger partial charge < -0.3 is 10.2 Å². The Kier molecular flexibility index (Phi) is 7.00. The monoisotopic (exact) mass is 419 g/mol. The molecule has 1 aliphatic carbocycles. The van der Waals surface area contributed by atoms with Gasteiger partial charge in [-0.3, -0.25) is 14.6 Å². The van der Waals surface area contributed by atoms with Gasteiger partial charge in [-0.1, -0.05) is 50.1 Å². The smallest absolute Gasteiger partial charge is 0.225 e. The highest BCUT2D eigenvalue weighted by Crippen LogP contribution is 2.34. The fourth-order valence-corrected chi connectivity index (χ4v) is 5.00. The van der Waals surface area contributed by atoms with Crippen molar-refractivity contribution in [3.05, 3.63) is 65.5 Å². The predicted octanol–water partition coefficient (Wildman–Crippen LogP) is 4.08. The third kappa shape index (κ3) is 5.33. The Morgan fingerprint density at radius 3 is 2.48 bits per heavy atom. The normalized spacial score (nSPS) is 21.8. The number of amides is 2. The second-order valence-corrected chi connectivity index (χ2v) is 9.03. The summed E-state index contributed by atoms with van der Waals surface area (Å²) < 4.78 is 0. The number of nitrogens with one attached hydrogen (secondary N) is 1. The molecule has 1 aromatic heterocycles. The van der Waals surface area contributed by atoms with Gasteiger partial charge >= 0.3 is 0 Å². The summed E-state index contributed by atoms with van der Waals surface area (Å²) in [6, 6.07) is 12.5. The molecule has 0 spiro atoms. The molecule has 1 N–H and O–H groups in total. The number of hydrogen-bond acceptors (Lipinski definition) is 3. The Balaban J connectivity index is 1.48. The average molecular weight is 420 g/mol. The molecule has 2 aromatic rings. The van der Waals surface area contributed by atoms with Crippen LogP contribution in [0.5, 0.6) is 0 Å². The topological polar surface area (TPSA) is 62.3 Å². The molecule has 2 atom stereocenters. The minimum atomic E-state index is -0.188. The van der Waals surface area contributed by atoms with E-state index in [1.165, 1.54) is 11.1 Å². The number of likely N-dealkylation sites (tertiary alicyclic amines) is 1. The van der Waals surface area contributed by atoms with Gasteiger partial charge in [-0.2, -0.15) is 0 Å². The molecule has 31 heavy (non-hydrogen) atoms. The lowest BCUT2D eigenvalue weighted by molar-refractivity contribution is -0.139. The average Bonchev–Trinajstić information content (AvgIpc) is 3.37. The van der Waals surface area contributed by atoms with Gasteiger partial charge in [0.1, 0.15) is 0 Å². The summed E-state index contributed by atoms with van der Waals surface area (Å²) in [6.45, 7) is 3.86. The van der Waals surface area contributed by atoms with E-state index in [1.807, 2.05) is 17.0 Å². The first-order valence-electron chi connectivity index (χ1n) is 11.7. The highest BCUT2D eigenvalue weighted by atomic mass is 16.2. The van der Waals surface area contributed by atoms with E-state index in [1.54, 1.807) is 12.4 Å². The van der Waals surface area contributed by atoms with Crippen LogP contribution >= 0.6 is 0 Å². The fourth-order valence-electron chi connectivity index (χ4n) is 5.00. The number of aryl methyl sites for hydroxylation is 1. The highest BCUT2D eigenvalue weighted by Gasteiger charge is 2.37. The lowest BCUT2D eigenvalue weighted by Gasteiger charge is -2.38. The van der Waals surface area contributed by atoms with Crippen molar-refractivity contribution in [2.45, 2.75) is 57.9 Å². The lowest BCUT2D eigenvalue weighted by atomic mass is 9.83. The fraction of sp³-hybridized carbons (Fsp3) is 0.500. The van der Waals surface area contributed by atoms with Crippen molar-refractivity contribution < 1.29 is 9.59 Å². The van der Waals surface area contributed by atoms with Gasteiger partial charge in [0.05, 0.1) is 5.92 Å². The molecule has 2 fully saturated rings. The first-order chi connectivity index (χ1) is 15.1. The van der Waals surface area contributed by atoms with E-state index in [4.69, 9.17) is 0 Å². The van der Waals surface area contributed by atoms with E-state index >= 15 is 0 Å². The molecule has 2 aliphatic rings. The molecule has 164 valence electrons. The second kappa shape index (κ2) is 10.1. The molecule has 1 aromatic carbocycles. The van der Waals surface area contributed by atoms with Crippen LogP contribution in [-0.2, 0) is 22.6 Å². The SMILES string of the molecule is CCc1ccc([C@@H]2C[C@@H](C(=O)NCc3cccnc3)CN(C(=O)C3CCCC3)C2)cc1. The number of carbonyl (C=O) groups excluding carboxylic acids is 2. The summed E-state index contributed by atoms with van der Waals surface area (Å²) in [5, 5.41) is 3.07. The molecule has 5 nitrogen and oxygen atoms in total. The molecule has 1 saturated heterocycles. The van der Waals surface area contributed by atoms with Crippen molar-refractivity contribution in [2.75, 3.05) is 13.1 Å². The van der Waals surface area contributed by atoms with Crippen molar-refractivity contribution in [1.82, 2.24) is 15.2 Å². The number of hydrogen-bond donors (Lipinski definition) is 1. The highest BCUT2D eigenvalue weighted by molar-refractivity contribution is 5.82. The first-order valence-corrected chi connectivity index (χ1v) is 11.7. The quantitative estimate of drug-likeness (QED) is 0.767. The molecule has 4 rings (SSSR count). The van der Waals surface area contributed by atoms with Crippen LogP contribution < -0.4 is 5.32 Å². The number of rotatable bonds is 6. The van der Waals surface area contributed by atoms with E-state index in [0.29, 0.717) is 19.6 Å². The molecule has 1 aliphatic heterocycles. The van der Waals surface area contributed by atoms with Gasteiger partial charge in [0.25, 0.3) is 0 Å². The second-order valence-electron chi connectivity index (χ2n) is 9.03. The Morgan fingerprint density at radius 1 is 1.03 bits per heavy atom. The van der Waals surface area contributed by atoms with Crippen molar-refractivity contribution >= 4 is 11.8 Å². The molecule has 2 heterocycles. The summed E-state index contributed by atoms with van der Waals surface area (Å²) in [4.78, 5) is 32.4. The first kappa shape index (κ1) is 21.5. The molecular weight excluding hydrogens is 386 g/mol. The van der Waals surface area contributed by atoms with Crippen molar-refractivity contribution in [1.29, 1.82) is 0 Å². The van der Waals surface area contributed by atoms with Gasteiger partial charge in [0.2, 0.25) is 11.8 Å². The maximum Gasteiger partial charge on any atom is 0.225 e. The predicted molar refractivity (Wildman–Crippen MR) is 121 cm³/mol. The molecule has 1 saturated carbocycles. The third-order valence-electron chi connectivity index (χ3n) is 6.89. The minimum Gasteiger partial charge on any atom is -0.352 e. The summed E-state index contributed by atoms with van der Waals surface area (Å²) in [6.07, 6.45) is 9.55. The number of pyridine rings is 1. The van der Waals surface area contributed by atoms with Gasteiger partial charge in [-0.25, -0.2) is 0 Å². The number of carbonyl (C=O) groups is 2. The number of benzene rings is 1. The minimum absolute atomic E-state index is 0.0305. The number of nitrogens with zero attached hydrogens (tertiary/aromatic N) is 2. The molecule has 0 bridgehead atoms. The lowest BCUT2D eigenvalue weighted by Crippen LogP contribution is -2.49. The number of piperidine rings is 1. The van der Waals surface area contributed by atoms with Gasteiger partial charge in [-0.05, 0) is 48.4 Å². The number of aromatic nitrogens is 1. The van der Waals surface area contributed by atoms with Crippen LogP contribution in [0.1, 0.15) is 61.6 Å². The van der Waals surface area contributed by atoms with Gasteiger partial charge in [0.15, 0.2) is 0 Å². The van der Waals surface area contributed by atoms with Crippen LogP contribution in [-0.4, -0.2) is 34.8 Å². The largest absolute Gasteiger partial charge is 0.352 e. The Hall–Kier alpha value is -2.69. The van der Waals surface area contributed by atoms with Crippen LogP contribution in [0.4, 0.5) is 0 Å². The van der Waals surface area contributed by atoms with Crippen LogP contribution in [0.15, 0.2) is 48.8 Å². The molecular formula is C26H33N3O2. The van der Waals surface area contributed by atoms with Crippen LogP contribution in [0.3, 0.4) is 0 Å². The van der Waals surface area contributed by atoms with Crippen molar-refractivity contribution in [3.8, 4) is 0 Å². The van der Waals surface area contributed by atoms with E-state index in [0.717, 1.165) is 44.1 Å². The van der Waals surface area contributed by atoms with E-state index in [9.17, 15) is 9.59 Å². The van der Waals surface area contributed by atoms with E-state index in [2.05, 4.69) is 41.5 Å². The van der Waals surface area contributed by atoms with E-state index < -0.39 is 0 Å². The summed E-state index contributed by atoms with van der Waals surface area (Å²) in [5.74, 6) is 0.423. The molecule has 0 radical (unpaired) electrons. The molecule has 2 amide bonds. The Bertz CT molecular complexity index is 875. The van der Waals surface area contributed by atoms with Crippen LogP contribution in [0.2, 0.25) is 0 Å². The van der Waals surface area contributed by atoms with Crippen LogP contribution in [0.25, 0.3) is 0 Å². The summed E-state index contributed by atoms with van der Waals surface area (Å²) >= 11 is 0. The van der Waals surface area contributed by atoms with Gasteiger partial charge in [-0.15, -0.1) is 0 Å². The maximum absolute atomic E-state index is 13.2. The zero-order valence-corrected chi connectivity index (χ0v) is 18.4. The Morgan fingerprint density at radius 2 is 1.81 bits per heavy atom. The molecule has 0 unspecified atom stereocenters. The van der Waals surface area contributed by atoms with Crippen LogP contribution in [0, 0.1) is 11.8 Å². The summed E-state index contributed by atoms with van der Waals surface area (Å²) in [7, 11) is 0. The zero-order chi connectivity index (χ0) is 21.6.